The van der Waals surface area contributed by atoms with Crippen LogP contribution in [0.2, 0.25) is 0 Å². The number of aromatic nitrogens is 2. The molecule has 0 bridgehead atoms. The minimum Gasteiger partial charge on any atom is -0.454 e. The molecule has 0 aliphatic carbocycles. The van der Waals surface area contributed by atoms with Crippen LogP contribution in [0.1, 0.15) is 11.1 Å². The van der Waals surface area contributed by atoms with E-state index in [1.807, 2.05) is 0 Å². The van der Waals surface area contributed by atoms with Crippen molar-refractivity contribution in [2.45, 2.75) is 13.8 Å². The lowest BCUT2D eigenvalue weighted by atomic mass is 10.0. The molecule has 0 aliphatic heterocycles. The highest BCUT2D eigenvalue weighted by molar-refractivity contribution is 6.29. The lowest BCUT2D eigenvalue weighted by Gasteiger charge is -2.25. The summed E-state index contributed by atoms with van der Waals surface area (Å²) in [5.41, 5.74) is 19.5. The van der Waals surface area contributed by atoms with E-state index < -0.39 is 0 Å². The molecule has 0 atom stereocenters. The van der Waals surface area contributed by atoms with Gasteiger partial charge in [-0.05, 0) is 110 Å². The second-order valence-corrected chi connectivity index (χ2v) is 20.1. The molecule has 0 saturated carbocycles. The van der Waals surface area contributed by atoms with Crippen molar-refractivity contribution in [3.8, 4) is 0 Å². The number of hydrogen-bond acceptors (Lipinski definition) is 4. The average molecular weight is 947 g/mol. The molecule has 0 saturated heterocycles. The number of nitrogens with zero attached hydrogens (tertiary/aromatic N) is 4. The molecule has 0 unspecified atom stereocenters. The highest BCUT2D eigenvalue weighted by Crippen LogP contribution is 2.49. The van der Waals surface area contributed by atoms with E-state index in [0.717, 1.165) is 89.1 Å². The van der Waals surface area contributed by atoms with Crippen LogP contribution in [0.3, 0.4) is 0 Å². The number of benzene rings is 11. The van der Waals surface area contributed by atoms with Crippen LogP contribution in [0, 0.1) is 13.8 Å². The molecule has 346 valence electrons. The molecule has 11 aromatic carbocycles. The SMILES string of the molecule is Cc1cccc2c1oc1c(N(c3ccccc3)c3ccc4c(c3)c3cccc5c6cc7c(cc6n4c35)c3cccc4c5cc(N(c6ccccc6)c6cccc8c6oc6c(C)cccc68)ccc5n7c43)cccc12. The summed E-state index contributed by atoms with van der Waals surface area (Å²) in [4.78, 5) is 4.70. The maximum Gasteiger partial charge on any atom is 0.159 e. The molecular formula is C68H42N4O2. The van der Waals surface area contributed by atoms with Crippen molar-refractivity contribution in [3.05, 3.63) is 230 Å². The molecule has 74 heavy (non-hydrogen) atoms. The molecule has 6 nitrogen and oxygen atoms in total. The molecule has 17 aromatic rings. The van der Waals surface area contributed by atoms with Crippen molar-refractivity contribution in [2.75, 3.05) is 9.80 Å². The van der Waals surface area contributed by atoms with Gasteiger partial charge in [-0.1, -0.05) is 133 Å². The molecule has 6 heteroatoms. The average Bonchev–Trinajstić information content (AvgIpc) is 4.30. The molecule has 0 amide bonds. The van der Waals surface area contributed by atoms with Gasteiger partial charge in [-0.2, -0.15) is 0 Å². The van der Waals surface area contributed by atoms with Gasteiger partial charge in [0, 0.05) is 87.4 Å². The first-order valence-corrected chi connectivity index (χ1v) is 25.4. The molecule has 17 rings (SSSR count). The Morgan fingerprint density at radius 3 is 1.04 bits per heavy atom. The second kappa shape index (κ2) is 14.4. The number of fused-ring (bicyclic) bond motifs is 18. The van der Waals surface area contributed by atoms with E-state index in [9.17, 15) is 0 Å². The van der Waals surface area contributed by atoms with Crippen LogP contribution < -0.4 is 9.80 Å². The van der Waals surface area contributed by atoms with Crippen molar-refractivity contribution in [1.82, 2.24) is 8.80 Å². The number of anilines is 6. The highest BCUT2D eigenvalue weighted by atomic mass is 16.3. The Hall–Kier alpha value is -9.78. The van der Waals surface area contributed by atoms with Crippen LogP contribution in [0.4, 0.5) is 34.1 Å². The normalized spacial score (nSPS) is 12.5. The standard InChI is InChI=1S/C68H42N4O2/c1-39-15-9-25-49-51-27-13-29-59(67(51)73-65(39)49)69(41-17-5-3-6-18-41)43-31-33-57-53(35-43)45-21-11-23-47-55-38-62-56(37-61(55)71(57)63(45)47)48-24-12-22-46-54-36-44(32-34-58(54)72(62)64(46)48)70(42-19-7-4-8-20-42)60-30-14-28-52-50-26-10-16-40(2)66(50)74-68(52)60/h3-38H,1-2H3. The minimum absolute atomic E-state index is 0.879. The van der Waals surface area contributed by atoms with Crippen LogP contribution in [0.25, 0.3) is 120 Å². The highest BCUT2D eigenvalue weighted by Gasteiger charge is 2.26. The van der Waals surface area contributed by atoms with Gasteiger partial charge >= 0.3 is 0 Å². The van der Waals surface area contributed by atoms with E-state index in [4.69, 9.17) is 8.83 Å². The maximum absolute atomic E-state index is 6.78. The van der Waals surface area contributed by atoms with Crippen molar-refractivity contribution in [2.24, 2.45) is 0 Å². The van der Waals surface area contributed by atoms with Gasteiger partial charge in [-0.15, -0.1) is 0 Å². The number of furan rings is 2. The zero-order valence-electron chi connectivity index (χ0n) is 40.4. The maximum atomic E-state index is 6.78. The second-order valence-electron chi connectivity index (χ2n) is 20.1. The number of para-hydroxylation sites is 8. The molecule has 6 aromatic heterocycles. The van der Waals surface area contributed by atoms with E-state index in [1.54, 1.807) is 0 Å². The Morgan fingerprint density at radius 1 is 0.270 bits per heavy atom. The van der Waals surface area contributed by atoms with Gasteiger partial charge in [-0.25, -0.2) is 0 Å². The lowest BCUT2D eigenvalue weighted by molar-refractivity contribution is 0.665. The third-order valence-electron chi connectivity index (χ3n) is 16.1. The predicted octanol–water partition coefficient (Wildman–Crippen LogP) is 19.3. The van der Waals surface area contributed by atoms with Gasteiger partial charge in [0.05, 0.1) is 44.5 Å². The summed E-state index contributed by atoms with van der Waals surface area (Å²) in [5.74, 6) is 0. The number of rotatable bonds is 6. The third-order valence-corrected chi connectivity index (χ3v) is 16.1. The Labute approximate surface area is 423 Å². The van der Waals surface area contributed by atoms with Crippen molar-refractivity contribution in [1.29, 1.82) is 0 Å². The number of aryl methyl sites for hydroxylation is 2. The van der Waals surface area contributed by atoms with E-state index in [-0.39, 0.29) is 0 Å². The minimum atomic E-state index is 0.879. The summed E-state index contributed by atoms with van der Waals surface area (Å²) in [6.45, 7) is 4.24. The fraction of sp³-hybridized carbons (Fsp3) is 0.0294. The van der Waals surface area contributed by atoms with Crippen LogP contribution >= 0.6 is 0 Å². The topological polar surface area (TPSA) is 41.6 Å². The summed E-state index contributed by atoms with van der Waals surface area (Å²) in [5, 5.41) is 14.4. The quantitative estimate of drug-likeness (QED) is 0.167. The summed E-state index contributed by atoms with van der Waals surface area (Å²) in [6, 6.07) is 79.6. The van der Waals surface area contributed by atoms with E-state index in [1.165, 1.54) is 76.2 Å². The van der Waals surface area contributed by atoms with Crippen LogP contribution in [-0.4, -0.2) is 8.80 Å². The lowest BCUT2D eigenvalue weighted by Crippen LogP contribution is -2.10. The molecule has 0 radical (unpaired) electrons. The van der Waals surface area contributed by atoms with Crippen LogP contribution in [0.15, 0.2) is 227 Å². The first-order valence-electron chi connectivity index (χ1n) is 25.4. The Kier molecular flexibility index (Phi) is 7.78. The van der Waals surface area contributed by atoms with Crippen LogP contribution in [-0.2, 0) is 0 Å². The molecule has 0 spiro atoms. The predicted molar refractivity (Wildman–Crippen MR) is 309 cm³/mol. The van der Waals surface area contributed by atoms with Crippen molar-refractivity contribution < 1.29 is 8.83 Å². The monoisotopic (exact) mass is 946 g/mol. The van der Waals surface area contributed by atoms with Crippen LogP contribution in [0.5, 0.6) is 0 Å². The Balaban J connectivity index is 0.859. The summed E-state index contributed by atoms with van der Waals surface area (Å²) in [6.07, 6.45) is 0. The Bertz CT molecular complexity index is 4850. The summed E-state index contributed by atoms with van der Waals surface area (Å²) < 4.78 is 18.6. The zero-order valence-corrected chi connectivity index (χ0v) is 40.4. The van der Waals surface area contributed by atoms with Crippen molar-refractivity contribution >= 4 is 154 Å². The van der Waals surface area contributed by atoms with Gasteiger partial charge in [0.15, 0.2) is 11.2 Å². The van der Waals surface area contributed by atoms with Gasteiger partial charge in [0.25, 0.3) is 0 Å². The first-order chi connectivity index (χ1) is 36.6. The summed E-state index contributed by atoms with van der Waals surface area (Å²) >= 11 is 0. The van der Waals surface area contributed by atoms with E-state index in [2.05, 4.69) is 251 Å². The van der Waals surface area contributed by atoms with Crippen molar-refractivity contribution in [3.63, 3.8) is 0 Å². The van der Waals surface area contributed by atoms with Gasteiger partial charge in [-0.3, -0.25) is 0 Å². The van der Waals surface area contributed by atoms with Gasteiger partial charge in [0.1, 0.15) is 11.2 Å². The van der Waals surface area contributed by atoms with E-state index in [0.29, 0.717) is 0 Å². The fourth-order valence-electron chi connectivity index (χ4n) is 13.0. The zero-order chi connectivity index (χ0) is 48.5. The molecular weight excluding hydrogens is 905 g/mol. The fourth-order valence-corrected chi connectivity index (χ4v) is 13.0. The molecule has 0 fully saturated rings. The van der Waals surface area contributed by atoms with Gasteiger partial charge in [0.2, 0.25) is 0 Å². The smallest absolute Gasteiger partial charge is 0.159 e. The molecule has 0 aliphatic rings. The molecule has 6 heterocycles. The van der Waals surface area contributed by atoms with E-state index >= 15 is 0 Å². The largest absolute Gasteiger partial charge is 0.454 e. The van der Waals surface area contributed by atoms with Gasteiger partial charge < -0.3 is 27.4 Å². The number of hydrogen-bond donors (Lipinski definition) is 0. The summed E-state index contributed by atoms with van der Waals surface area (Å²) in [7, 11) is 0. The first kappa shape index (κ1) is 39.9. The molecule has 0 N–H and O–H groups in total. The Morgan fingerprint density at radius 2 is 0.622 bits per heavy atom. The third kappa shape index (κ3) is 5.18.